The molecule has 0 aliphatic rings. The second kappa shape index (κ2) is 6.95. The Morgan fingerprint density at radius 1 is 1.20 bits per heavy atom. The van der Waals surface area contributed by atoms with Gasteiger partial charge in [0, 0.05) is 35.1 Å². The first kappa shape index (κ1) is 15.1. The first-order valence-corrected chi connectivity index (χ1v) is 7.74. The quantitative estimate of drug-likeness (QED) is 0.811. The highest BCUT2D eigenvalue weighted by Crippen LogP contribution is 2.26. The molecule has 0 saturated carbocycles. The number of halogens is 2. The third kappa shape index (κ3) is 3.64. The van der Waals surface area contributed by atoms with Crippen molar-refractivity contribution in [1.82, 2.24) is 4.98 Å². The largest absolute Gasteiger partial charge is 0.372 e. The fourth-order valence-electron chi connectivity index (χ4n) is 1.99. The zero-order valence-corrected chi connectivity index (χ0v) is 13.9. The molecule has 106 valence electrons. The molecule has 0 saturated heterocycles. The minimum Gasteiger partial charge on any atom is -0.372 e. The van der Waals surface area contributed by atoms with Crippen LogP contribution < -0.4 is 10.2 Å². The minimum absolute atomic E-state index is 0.590. The summed E-state index contributed by atoms with van der Waals surface area (Å²) in [4.78, 5) is 6.56. The van der Waals surface area contributed by atoms with Crippen LogP contribution in [-0.2, 0) is 0 Å². The monoisotopic (exact) mass is 353 g/mol. The number of anilines is 3. The Morgan fingerprint density at radius 3 is 2.40 bits per heavy atom. The average Bonchev–Trinajstić information content (AvgIpc) is 2.45. The lowest BCUT2D eigenvalue weighted by atomic mass is 10.2. The highest BCUT2D eigenvalue weighted by Gasteiger charge is 2.05. The van der Waals surface area contributed by atoms with E-state index in [0.717, 1.165) is 23.2 Å². The Hall–Kier alpha value is -1.26. The molecule has 0 bridgehead atoms. The molecule has 0 fully saturated rings. The molecule has 0 amide bonds. The number of rotatable bonds is 5. The number of hydrogen-bond acceptors (Lipinski definition) is 3. The Kier molecular flexibility index (Phi) is 5.26. The summed E-state index contributed by atoms with van der Waals surface area (Å²) in [5.74, 6) is 0.658. The van der Waals surface area contributed by atoms with Crippen molar-refractivity contribution < 1.29 is 0 Å². The van der Waals surface area contributed by atoms with Gasteiger partial charge in [0.2, 0.25) is 0 Å². The van der Waals surface area contributed by atoms with Gasteiger partial charge in [-0.2, -0.15) is 0 Å². The zero-order chi connectivity index (χ0) is 14.5. The fourth-order valence-corrected chi connectivity index (χ4v) is 2.66. The van der Waals surface area contributed by atoms with Gasteiger partial charge in [-0.1, -0.05) is 11.6 Å². The molecule has 3 nitrogen and oxygen atoms in total. The van der Waals surface area contributed by atoms with Crippen molar-refractivity contribution in [3.8, 4) is 0 Å². The molecule has 2 aromatic rings. The van der Waals surface area contributed by atoms with Crippen LogP contribution in [0.4, 0.5) is 17.2 Å². The van der Waals surface area contributed by atoms with Crippen LogP contribution in [0, 0.1) is 0 Å². The minimum atomic E-state index is 0.590. The smallest absolute Gasteiger partial charge is 0.149 e. The normalized spacial score (nSPS) is 10.4. The highest BCUT2D eigenvalue weighted by atomic mass is 79.9. The van der Waals surface area contributed by atoms with Crippen LogP contribution in [0.15, 0.2) is 41.0 Å². The van der Waals surface area contributed by atoms with Crippen molar-refractivity contribution in [2.24, 2.45) is 0 Å². The Labute approximate surface area is 133 Å². The number of nitrogens with zero attached hydrogens (tertiary/aromatic N) is 2. The number of aromatic nitrogens is 1. The summed E-state index contributed by atoms with van der Waals surface area (Å²) in [5.41, 5.74) is 2.19. The molecule has 0 atom stereocenters. The summed E-state index contributed by atoms with van der Waals surface area (Å²) in [5, 5.41) is 3.81. The van der Waals surface area contributed by atoms with E-state index in [-0.39, 0.29) is 0 Å². The summed E-state index contributed by atoms with van der Waals surface area (Å²) in [6.07, 6.45) is 1.72. The highest BCUT2D eigenvalue weighted by molar-refractivity contribution is 9.10. The van der Waals surface area contributed by atoms with E-state index in [2.05, 4.69) is 57.1 Å². The van der Waals surface area contributed by atoms with Crippen molar-refractivity contribution in [2.45, 2.75) is 13.8 Å². The summed E-state index contributed by atoms with van der Waals surface area (Å²) < 4.78 is 0.866. The second-order valence-electron chi connectivity index (χ2n) is 4.33. The maximum Gasteiger partial charge on any atom is 0.149 e. The van der Waals surface area contributed by atoms with E-state index >= 15 is 0 Å². The van der Waals surface area contributed by atoms with E-state index in [4.69, 9.17) is 11.6 Å². The standard InChI is InChI=1S/C15H17BrClN3/c1-3-20(4-2)13-7-5-12(6-8-13)19-15-14(17)9-11(16)10-18-15/h5-10H,3-4H2,1-2H3,(H,18,19). The molecule has 0 unspecified atom stereocenters. The number of nitrogens with one attached hydrogen (secondary N) is 1. The van der Waals surface area contributed by atoms with Gasteiger partial charge < -0.3 is 10.2 Å². The molecule has 0 aliphatic carbocycles. The van der Waals surface area contributed by atoms with Gasteiger partial charge in [-0.05, 0) is 60.1 Å². The average molecular weight is 355 g/mol. The van der Waals surface area contributed by atoms with Gasteiger partial charge >= 0.3 is 0 Å². The van der Waals surface area contributed by atoms with Crippen molar-refractivity contribution in [3.63, 3.8) is 0 Å². The molecule has 2 rings (SSSR count). The second-order valence-corrected chi connectivity index (χ2v) is 5.65. The van der Waals surface area contributed by atoms with Gasteiger partial charge in [0.1, 0.15) is 5.82 Å². The molecular weight excluding hydrogens is 338 g/mol. The Morgan fingerprint density at radius 2 is 1.85 bits per heavy atom. The van der Waals surface area contributed by atoms with Crippen LogP contribution in [0.5, 0.6) is 0 Å². The Bertz CT molecular complexity index is 568. The van der Waals surface area contributed by atoms with Crippen molar-refractivity contribution >= 4 is 44.7 Å². The first-order chi connectivity index (χ1) is 9.63. The maximum absolute atomic E-state index is 6.14. The SMILES string of the molecule is CCN(CC)c1ccc(Nc2ncc(Br)cc2Cl)cc1. The van der Waals surface area contributed by atoms with E-state index in [1.807, 2.05) is 18.2 Å². The molecular formula is C15H17BrClN3. The van der Waals surface area contributed by atoms with Gasteiger partial charge in [0.15, 0.2) is 0 Å². The van der Waals surface area contributed by atoms with Crippen LogP contribution in [0.3, 0.4) is 0 Å². The lowest BCUT2D eigenvalue weighted by Gasteiger charge is -2.21. The van der Waals surface area contributed by atoms with Crippen LogP contribution in [-0.4, -0.2) is 18.1 Å². The van der Waals surface area contributed by atoms with Crippen molar-refractivity contribution in [3.05, 3.63) is 46.0 Å². The molecule has 0 radical (unpaired) electrons. The van der Waals surface area contributed by atoms with E-state index in [1.54, 1.807) is 6.20 Å². The maximum atomic E-state index is 6.14. The fraction of sp³-hybridized carbons (Fsp3) is 0.267. The molecule has 5 heteroatoms. The molecule has 20 heavy (non-hydrogen) atoms. The van der Waals surface area contributed by atoms with Crippen LogP contribution in [0.2, 0.25) is 5.02 Å². The zero-order valence-electron chi connectivity index (χ0n) is 11.5. The molecule has 1 aromatic heterocycles. The van der Waals surface area contributed by atoms with Crippen LogP contribution in [0.25, 0.3) is 0 Å². The molecule has 1 heterocycles. The molecule has 0 spiro atoms. The third-order valence-corrected chi connectivity index (χ3v) is 3.79. The first-order valence-electron chi connectivity index (χ1n) is 6.57. The predicted molar refractivity (Wildman–Crippen MR) is 90.2 cm³/mol. The number of hydrogen-bond donors (Lipinski definition) is 1. The molecule has 0 aliphatic heterocycles. The topological polar surface area (TPSA) is 28.2 Å². The van der Waals surface area contributed by atoms with E-state index < -0.39 is 0 Å². The van der Waals surface area contributed by atoms with Gasteiger partial charge in [0.25, 0.3) is 0 Å². The number of pyridine rings is 1. The van der Waals surface area contributed by atoms with Gasteiger partial charge in [-0.3, -0.25) is 0 Å². The summed E-state index contributed by atoms with van der Waals surface area (Å²) in [6.45, 7) is 6.31. The Balaban J connectivity index is 2.14. The number of benzene rings is 1. The summed E-state index contributed by atoms with van der Waals surface area (Å²) in [7, 11) is 0. The van der Waals surface area contributed by atoms with E-state index in [0.29, 0.717) is 10.8 Å². The van der Waals surface area contributed by atoms with Crippen molar-refractivity contribution in [2.75, 3.05) is 23.3 Å². The summed E-state index contributed by atoms with van der Waals surface area (Å²) >= 11 is 9.49. The van der Waals surface area contributed by atoms with E-state index in [9.17, 15) is 0 Å². The van der Waals surface area contributed by atoms with Gasteiger partial charge in [0.05, 0.1) is 5.02 Å². The van der Waals surface area contributed by atoms with E-state index in [1.165, 1.54) is 5.69 Å². The molecule has 1 aromatic carbocycles. The van der Waals surface area contributed by atoms with Crippen LogP contribution in [0.1, 0.15) is 13.8 Å². The lowest BCUT2D eigenvalue weighted by Crippen LogP contribution is -2.21. The van der Waals surface area contributed by atoms with Gasteiger partial charge in [-0.15, -0.1) is 0 Å². The van der Waals surface area contributed by atoms with Crippen molar-refractivity contribution in [1.29, 1.82) is 0 Å². The summed E-state index contributed by atoms with van der Waals surface area (Å²) in [6, 6.07) is 10.1. The predicted octanol–water partition coefficient (Wildman–Crippen LogP) is 5.09. The lowest BCUT2D eigenvalue weighted by molar-refractivity contribution is 0.866. The molecule has 1 N–H and O–H groups in total. The van der Waals surface area contributed by atoms with Gasteiger partial charge in [-0.25, -0.2) is 4.98 Å². The van der Waals surface area contributed by atoms with Crippen LogP contribution >= 0.6 is 27.5 Å². The third-order valence-electron chi connectivity index (χ3n) is 3.07.